The van der Waals surface area contributed by atoms with Crippen LogP contribution in [0.1, 0.15) is 12.0 Å². The zero-order chi connectivity index (χ0) is 24.5. The summed E-state index contributed by atoms with van der Waals surface area (Å²) in [4.78, 5) is 29.3. The first-order valence-electron chi connectivity index (χ1n) is 11.1. The van der Waals surface area contributed by atoms with E-state index < -0.39 is 0 Å². The van der Waals surface area contributed by atoms with Gasteiger partial charge in [0.2, 0.25) is 5.95 Å². The smallest absolute Gasteiger partial charge is 0.285 e. The molecule has 0 unspecified atom stereocenters. The van der Waals surface area contributed by atoms with Crippen LogP contribution in [0.5, 0.6) is 0 Å². The van der Waals surface area contributed by atoms with Crippen LogP contribution in [0.2, 0.25) is 10.0 Å². The second-order valence-corrected chi connectivity index (χ2v) is 9.20. The number of nitrogens with zero attached hydrogens (tertiary/aromatic N) is 4. The highest BCUT2D eigenvalue weighted by molar-refractivity contribution is 6.39. The fraction of sp³-hybridized carbons (Fsp3) is 0.240. The highest BCUT2D eigenvalue weighted by Crippen LogP contribution is 2.37. The quantitative estimate of drug-likeness (QED) is 0.401. The van der Waals surface area contributed by atoms with Crippen molar-refractivity contribution in [2.75, 3.05) is 25.5 Å². The summed E-state index contributed by atoms with van der Waals surface area (Å²) in [5.74, 6) is 0.258. The summed E-state index contributed by atoms with van der Waals surface area (Å²) in [6, 6.07) is 16.1. The lowest BCUT2D eigenvalue weighted by atomic mass is 10.1. The van der Waals surface area contributed by atoms with Crippen LogP contribution >= 0.6 is 23.2 Å². The van der Waals surface area contributed by atoms with Crippen LogP contribution in [0.4, 0.5) is 11.6 Å². The van der Waals surface area contributed by atoms with Gasteiger partial charge in [0.1, 0.15) is 7.11 Å². The van der Waals surface area contributed by atoms with E-state index in [0.717, 1.165) is 35.5 Å². The summed E-state index contributed by atoms with van der Waals surface area (Å²) in [5.41, 5.74) is 2.80. The first-order chi connectivity index (χ1) is 16.9. The summed E-state index contributed by atoms with van der Waals surface area (Å²) in [6.07, 6.45) is 0.521. The average molecular weight is 512 g/mol. The lowest BCUT2D eigenvalue weighted by Crippen LogP contribution is -2.25. The molecule has 1 atom stereocenters. The molecule has 1 fully saturated rings. The molecule has 5 rings (SSSR count). The lowest BCUT2D eigenvalue weighted by Gasteiger charge is -2.16. The Morgan fingerprint density at radius 1 is 1.11 bits per heavy atom. The fourth-order valence-electron chi connectivity index (χ4n) is 4.33. The van der Waals surface area contributed by atoms with Crippen molar-refractivity contribution in [3.8, 4) is 11.3 Å². The van der Waals surface area contributed by atoms with Crippen LogP contribution in [-0.4, -0.2) is 51.0 Å². The fourth-order valence-corrected chi connectivity index (χ4v) is 4.91. The molecule has 0 amide bonds. The third-order valence-corrected chi connectivity index (χ3v) is 6.56. The van der Waals surface area contributed by atoms with E-state index in [9.17, 15) is 9.90 Å². The van der Waals surface area contributed by atoms with Gasteiger partial charge in [0.15, 0.2) is 5.65 Å². The lowest BCUT2D eigenvalue weighted by molar-refractivity contribution is 0.167. The van der Waals surface area contributed by atoms with E-state index in [0.29, 0.717) is 33.2 Å². The second-order valence-electron chi connectivity index (χ2n) is 8.38. The van der Waals surface area contributed by atoms with Gasteiger partial charge in [0.05, 0.1) is 21.8 Å². The number of aromatic nitrogens is 3. The monoisotopic (exact) mass is 511 g/mol. The number of anilines is 2. The Morgan fingerprint density at radius 3 is 2.60 bits per heavy atom. The van der Waals surface area contributed by atoms with Crippen molar-refractivity contribution in [1.82, 2.24) is 19.6 Å². The second kappa shape index (κ2) is 9.83. The van der Waals surface area contributed by atoms with Crippen LogP contribution < -0.4 is 15.7 Å². The number of fused-ring (bicyclic) bond motifs is 1. The molecule has 0 aliphatic carbocycles. The van der Waals surface area contributed by atoms with Gasteiger partial charge in [-0.05, 0) is 42.3 Å². The minimum atomic E-state index is -0.365. The van der Waals surface area contributed by atoms with E-state index in [4.69, 9.17) is 33.0 Å². The zero-order valence-electron chi connectivity index (χ0n) is 18.9. The third kappa shape index (κ3) is 4.83. The molecule has 8 nitrogen and oxygen atoms in total. The van der Waals surface area contributed by atoms with Crippen LogP contribution in [0.3, 0.4) is 0 Å². The minimum absolute atomic E-state index is 0.258. The van der Waals surface area contributed by atoms with Crippen molar-refractivity contribution in [3.05, 3.63) is 80.6 Å². The van der Waals surface area contributed by atoms with Crippen molar-refractivity contribution in [3.63, 3.8) is 0 Å². The predicted octanol–water partition coefficient (Wildman–Crippen LogP) is 4.13. The number of rotatable bonds is 6. The van der Waals surface area contributed by atoms with E-state index in [1.165, 1.54) is 13.2 Å². The number of aliphatic hydroxyl groups is 1. The average Bonchev–Trinajstić information content (AvgIpc) is 3.23. The van der Waals surface area contributed by atoms with E-state index in [-0.39, 0.29) is 23.3 Å². The summed E-state index contributed by atoms with van der Waals surface area (Å²) in [7, 11) is 1.40. The molecule has 3 heterocycles. The molecule has 1 saturated heterocycles. The third-order valence-electron chi connectivity index (χ3n) is 5.93. The van der Waals surface area contributed by atoms with Crippen LogP contribution in [0.15, 0.2) is 59.4 Å². The number of likely N-dealkylation sites (tertiary alicyclic amines) is 1. The molecule has 0 bridgehead atoms. The Kier molecular flexibility index (Phi) is 6.62. The SMILES string of the molecule is COn1c(=O)ccc2c(-c3c(Cl)cccc3Cl)nc(Nc3cccc(CN4CC[C@H](O)C4)c3)nc21. The number of aliphatic hydroxyl groups excluding tert-OH is 1. The highest BCUT2D eigenvalue weighted by Gasteiger charge is 2.21. The maximum absolute atomic E-state index is 12.4. The molecule has 180 valence electrons. The van der Waals surface area contributed by atoms with Gasteiger partial charge < -0.3 is 15.3 Å². The molecule has 0 spiro atoms. The largest absolute Gasteiger partial charge is 0.412 e. The standard InChI is InChI=1S/C25H23Cl2N5O3/c1-35-32-21(34)9-8-18-23(22-19(26)6-3-7-20(22)27)29-25(30-24(18)32)28-16-5-2-4-15(12-16)13-31-11-10-17(33)14-31/h2-9,12,17,33H,10-11,13-14H2,1H3,(H,28,29,30)/t17-/m0/s1. The van der Waals surface area contributed by atoms with Gasteiger partial charge in [0.25, 0.3) is 5.56 Å². The van der Waals surface area contributed by atoms with Crippen LogP contribution in [-0.2, 0) is 6.54 Å². The number of benzene rings is 2. The first-order valence-corrected chi connectivity index (χ1v) is 11.9. The number of halogens is 2. The maximum atomic E-state index is 12.4. The minimum Gasteiger partial charge on any atom is -0.412 e. The maximum Gasteiger partial charge on any atom is 0.285 e. The number of pyridine rings is 1. The van der Waals surface area contributed by atoms with Crippen LogP contribution in [0, 0.1) is 0 Å². The number of hydrogen-bond donors (Lipinski definition) is 2. The molecule has 1 aliphatic heterocycles. The summed E-state index contributed by atoms with van der Waals surface area (Å²) in [6.45, 7) is 2.26. The Labute approximate surface area is 211 Å². The molecule has 35 heavy (non-hydrogen) atoms. The van der Waals surface area contributed by atoms with Gasteiger partial charge in [-0.25, -0.2) is 4.98 Å². The first kappa shape index (κ1) is 23.6. The van der Waals surface area contributed by atoms with E-state index in [1.807, 2.05) is 24.3 Å². The molecule has 10 heteroatoms. The van der Waals surface area contributed by atoms with Gasteiger partial charge in [-0.1, -0.05) is 41.4 Å². The van der Waals surface area contributed by atoms with Gasteiger partial charge in [-0.3, -0.25) is 9.69 Å². The molecule has 2 aromatic heterocycles. The molecular weight excluding hydrogens is 489 g/mol. The molecule has 2 aromatic carbocycles. The van der Waals surface area contributed by atoms with Crippen molar-refractivity contribution in [1.29, 1.82) is 0 Å². The molecule has 0 saturated carbocycles. The Hall–Kier alpha value is -3.17. The van der Waals surface area contributed by atoms with Crippen molar-refractivity contribution in [2.24, 2.45) is 0 Å². The molecule has 0 radical (unpaired) electrons. The predicted molar refractivity (Wildman–Crippen MR) is 137 cm³/mol. The zero-order valence-corrected chi connectivity index (χ0v) is 20.4. The topological polar surface area (TPSA) is 92.5 Å². The van der Waals surface area contributed by atoms with E-state index in [1.54, 1.807) is 24.3 Å². The normalized spacial score (nSPS) is 16.1. The summed E-state index contributed by atoms with van der Waals surface area (Å²) >= 11 is 13.0. The van der Waals surface area contributed by atoms with Gasteiger partial charge in [-0.2, -0.15) is 4.98 Å². The van der Waals surface area contributed by atoms with Gasteiger partial charge >= 0.3 is 0 Å². The molecule has 4 aromatic rings. The molecule has 1 aliphatic rings. The number of β-amino-alcohol motifs (C(OH)–C–C–N with tert-alkyl or cyclic N) is 1. The highest BCUT2D eigenvalue weighted by atomic mass is 35.5. The Morgan fingerprint density at radius 2 is 1.89 bits per heavy atom. The summed E-state index contributed by atoms with van der Waals surface area (Å²) in [5, 5.41) is 14.5. The Bertz CT molecular complexity index is 1440. The number of hydrogen-bond acceptors (Lipinski definition) is 7. The van der Waals surface area contributed by atoms with Crippen LogP contribution in [0.25, 0.3) is 22.3 Å². The van der Waals surface area contributed by atoms with Gasteiger partial charge in [0, 0.05) is 42.3 Å². The van der Waals surface area contributed by atoms with Gasteiger partial charge in [-0.15, -0.1) is 4.73 Å². The Balaban J connectivity index is 1.58. The summed E-state index contributed by atoms with van der Waals surface area (Å²) < 4.78 is 1.10. The van der Waals surface area contributed by atoms with E-state index in [2.05, 4.69) is 15.2 Å². The molecular formula is C25H23Cl2N5O3. The number of nitrogens with one attached hydrogen (secondary N) is 1. The van der Waals surface area contributed by atoms with E-state index >= 15 is 0 Å². The van der Waals surface area contributed by atoms with Crippen molar-refractivity contribution >= 4 is 45.9 Å². The molecule has 2 N–H and O–H groups in total. The van der Waals surface area contributed by atoms with Crippen molar-refractivity contribution in [2.45, 2.75) is 19.1 Å². The van der Waals surface area contributed by atoms with Crippen molar-refractivity contribution < 1.29 is 9.94 Å².